The third-order valence-electron chi connectivity index (χ3n) is 9.08. The molecule has 0 N–H and O–H groups in total. The number of aromatic nitrogens is 3. The van der Waals surface area contributed by atoms with Crippen molar-refractivity contribution in [3.8, 4) is 28.5 Å². The van der Waals surface area contributed by atoms with Gasteiger partial charge in [0.05, 0.1) is 6.04 Å². The van der Waals surface area contributed by atoms with E-state index in [1.807, 2.05) is 79.8 Å². The average molecular weight is 650 g/mol. The van der Waals surface area contributed by atoms with E-state index in [1.54, 1.807) is 0 Å². The van der Waals surface area contributed by atoms with Crippen molar-refractivity contribution in [2.75, 3.05) is 7.05 Å². The zero-order chi connectivity index (χ0) is 34.5. The van der Waals surface area contributed by atoms with Gasteiger partial charge in [-0.3, -0.25) is 9.56 Å². The highest BCUT2D eigenvalue weighted by Crippen LogP contribution is 2.35. The first-order chi connectivity index (χ1) is 24.5. The van der Waals surface area contributed by atoms with Gasteiger partial charge >= 0.3 is 0 Å². The summed E-state index contributed by atoms with van der Waals surface area (Å²) in [6.07, 6.45) is 8.90. The summed E-state index contributed by atoms with van der Waals surface area (Å²) in [7, 11) is 1.85. The molecule has 0 aliphatic heterocycles. The molecular formula is C45H39N5. The van der Waals surface area contributed by atoms with Crippen LogP contribution in [0.5, 0.6) is 0 Å². The SMILES string of the molecule is C=C(c1ccccc1)N(/C(=N\C)c1ccccc1)[C@H]1C=CC=C(C)C(c2cc(-n3c(-c4ccccc4)nnc3-c3ccccc3)ccc2C)=C1. The van der Waals surface area contributed by atoms with Crippen LogP contribution in [0.1, 0.15) is 29.2 Å². The highest BCUT2D eigenvalue weighted by atomic mass is 15.3. The van der Waals surface area contributed by atoms with Crippen LogP contribution in [0.15, 0.2) is 181 Å². The summed E-state index contributed by atoms with van der Waals surface area (Å²) in [4.78, 5) is 7.10. The molecule has 7 rings (SSSR count). The number of allylic oxidation sites excluding steroid dienone is 4. The molecule has 1 aliphatic rings. The Morgan fingerprint density at radius 3 is 1.80 bits per heavy atom. The van der Waals surface area contributed by atoms with Gasteiger partial charge < -0.3 is 4.90 Å². The van der Waals surface area contributed by atoms with E-state index in [0.717, 1.165) is 62.3 Å². The van der Waals surface area contributed by atoms with Crippen molar-refractivity contribution >= 4 is 17.1 Å². The van der Waals surface area contributed by atoms with Crippen LogP contribution in [0.25, 0.3) is 39.7 Å². The number of nitrogens with zero attached hydrogens (tertiary/aromatic N) is 5. The van der Waals surface area contributed by atoms with Crippen molar-refractivity contribution in [2.45, 2.75) is 19.9 Å². The van der Waals surface area contributed by atoms with Crippen LogP contribution in [0.3, 0.4) is 0 Å². The van der Waals surface area contributed by atoms with Gasteiger partial charge in [-0.15, -0.1) is 10.2 Å². The van der Waals surface area contributed by atoms with Gasteiger partial charge in [0.25, 0.3) is 0 Å². The first-order valence-corrected chi connectivity index (χ1v) is 16.8. The number of aliphatic imine (C=N–C) groups is 1. The number of amidine groups is 1. The lowest BCUT2D eigenvalue weighted by atomic mass is 9.92. The van der Waals surface area contributed by atoms with Gasteiger partial charge in [0, 0.05) is 35.1 Å². The molecule has 0 saturated carbocycles. The molecule has 1 aromatic heterocycles. The van der Waals surface area contributed by atoms with Crippen molar-refractivity contribution in [2.24, 2.45) is 4.99 Å². The lowest BCUT2D eigenvalue weighted by Crippen LogP contribution is -2.37. The molecule has 0 spiro atoms. The zero-order valence-electron chi connectivity index (χ0n) is 28.6. The minimum Gasteiger partial charge on any atom is -0.316 e. The second kappa shape index (κ2) is 14.4. The summed E-state index contributed by atoms with van der Waals surface area (Å²) in [5.41, 5.74) is 10.5. The lowest BCUT2D eigenvalue weighted by molar-refractivity contribution is 0.562. The predicted molar refractivity (Wildman–Crippen MR) is 208 cm³/mol. The summed E-state index contributed by atoms with van der Waals surface area (Å²) in [5, 5.41) is 9.44. The highest BCUT2D eigenvalue weighted by molar-refractivity contribution is 6.04. The standard InChI is InChI=1S/C45H39N5/c1-32-18-17-27-39(49(34(3)35-19-9-5-10-20-35)43(46-4)36-21-11-6-12-22-36)30-41(32)42-31-40(29-28-33(42)2)50-44(37-23-13-7-14-24-37)47-48-45(50)38-25-15-8-16-26-38/h5-31,39H,3H2,1-2,4H3/b46-43-/t39-/m0/s1. The summed E-state index contributed by atoms with van der Waals surface area (Å²) in [5.74, 6) is 2.43. The Labute approximate surface area is 294 Å². The van der Waals surface area contributed by atoms with Gasteiger partial charge in [-0.05, 0) is 59.9 Å². The summed E-state index contributed by atoms with van der Waals surface area (Å²) >= 11 is 0. The Bertz CT molecular complexity index is 2190. The fourth-order valence-electron chi connectivity index (χ4n) is 6.52. The van der Waals surface area contributed by atoms with Crippen LogP contribution in [-0.2, 0) is 0 Å². The Morgan fingerprint density at radius 1 is 0.700 bits per heavy atom. The molecule has 5 heteroatoms. The van der Waals surface area contributed by atoms with Gasteiger partial charge in [0.2, 0.25) is 0 Å². The van der Waals surface area contributed by atoms with Crippen molar-refractivity contribution < 1.29 is 0 Å². The van der Waals surface area contributed by atoms with E-state index >= 15 is 0 Å². The van der Waals surface area contributed by atoms with E-state index in [2.05, 4.69) is 121 Å². The second-order valence-corrected chi connectivity index (χ2v) is 12.3. The molecule has 5 nitrogen and oxygen atoms in total. The molecule has 0 bridgehead atoms. The Balaban J connectivity index is 1.39. The maximum absolute atomic E-state index is 4.85. The Morgan fingerprint density at radius 2 is 1.24 bits per heavy atom. The van der Waals surface area contributed by atoms with Gasteiger partial charge in [0.1, 0.15) is 5.84 Å². The average Bonchev–Trinajstić information content (AvgIpc) is 3.53. The molecule has 0 fully saturated rings. The maximum Gasteiger partial charge on any atom is 0.168 e. The van der Waals surface area contributed by atoms with E-state index in [0.29, 0.717) is 0 Å². The molecule has 0 radical (unpaired) electrons. The van der Waals surface area contributed by atoms with Gasteiger partial charge in [-0.1, -0.05) is 152 Å². The second-order valence-electron chi connectivity index (χ2n) is 12.3. The van der Waals surface area contributed by atoms with Crippen LogP contribution in [-0.4, -0.2) is 38.6 Å². The van der Waals surface area contributed by atoms with Crippen LogP contribution >= 0.6 is 0 Å². The molecule has 0 amide bonds. The quantitative estimate of drug-likeness (QED) is 0.122. The van der Waals surface area contributed by atoms with Crippen molar-refractivity contribution in [1.29, 1.82) is 0 Å². The third kappa shape index (κ3) is 6.41. The normalized spacial score (nSPS) is 14.5. The molecule has 1 atom stereocenters. The summed E-state index contributed by atoms with van der Waals surface area (Å²) < 4.78 is 2.17. The Hall–Kier alpha value is -6.33. The molecule has 1 heterocycles. The van der Waals surface area contributed by atoms with Crippen LogP contribution in [0.2, 0.25) is 0 Å². The topological polar surface area (TPSA) is 46.3 Å². The van der Waals surface area contributed by atoms with Crippen LogP contribution < -0.4 is 0 Å². The number of aryl methyl sites for hydroxylation is 1. The van der Waals surface area contributed by atoms with Crippen molar-refractivity contribution in [3.05, 3.63) is 198 Å². The number of hydrogen-bond acceptors (Lipinski definition) is 3. The molecule has 1 aliphatic carbocycles. The minimum atomic E-state index is -0.178. The fourth-order valence-corrected chi connectivity index (χ4v) is 6.52. The minimum absolute atomic E-state index is 0.178. The van der Waals surface area contributed by atoms with E-state index < -0.39 is 0 Å². The highest BCUT2D eigenvalue weighted by Gasteiger charge is 2.26. The van der Waals surface area contributed by atoms with E-state index in [4.69, 9.17) is 15.2 Å². The maximum atomic E-state index is 4.85. The van der Waals surface area contributed by atoms with E-state index in [-0.39, 0.29) is 6.04 Å². The number of rotatable bonds is 8. The number of hydrogen-bond donors (Lipinski definition) is 0. The van der Waals surface area contributed by atoms with Crippen molar-refractivity contribution in [1.82, 2.24) is 19.7 Å². The summed E-state index contributed by atoms with van der Waals surface area (Å²) in [6.45, 7) is 8.98. The van der Waals surface area contributed by atoms with Crippen LogP contribution in [0.4, 0.5) is 0 Å². The van der Waals surface area contributed by atoms with Gasteiger partial charge in [-0.25, -0.2) is 0 Å². The lowest BCUT2D eigenvalue weighted by Gasteiger charge is -2.33. The fraction of sp³-hybridized carbons (Fsp3) is 0.0889. The summed E-state index contributed by atoms with van der Waals surface area (Å²) in [6, 6.07) is 47.6. The first-order valence-electron chi connectivity index (χ1n) is 16.8. The molecule has 5 aromatic carbocycles. The van der Waals surface area contributed by atoms with Crippen LogP contribution in [0, 0.1) is 6.92 Å². The first kappa shape index (κ1) is 32.2. The molecular weight excluding hydrogens is 611 g/mol. The van der Waals surface area contributed by atoms with E-state index in [1.165, 1.54) is 11.1 Å². The smallest absolute Gasteiger partial charge is 0.168 e. The largest absolute Gasteiger partial charge is 0.316 e. The monoisotopic (exact) mass is 649 g/mol. The van der Waals surface area contributed by atoms with Gasteiger partial charge in [0.15, 0.2) is 11.6 Å². The number of benzene rings is 5. The molecule has 0 unspecified atom stereocenters. The molecule has 244 valence electrons. The zero-order valence-corrected chi connectivity index (χ0v) is 28.6. The Kier molecular flexibility index (Phi) is 9.30. The van der Waals surface area contributed by atoms with Gasteiger partial charge in [-0.2, -0.15) is 0 Å². The third-order valence-corrected chi connectivity index (χ3v) is 9.08. The molecule has 50 heavy (non-hydrogen) atoms. The predicted octanol–water partition coefficient (Wildman–Crippen LogP) is 10.2. The van der Waals surface area contributed by atoms with E-state index in [9.17, 15) is 0 Å². The molecule has 6 aromatic rings. The van der Waals surface area contributed by atoms with Crippen molar-refractivity contribution in [3.63, 3.8) is 0 Å². The molecule has 0 saturated heterocycles.